The van der Waals surface area contributed by atoms with Gasteiger partial charge >= 0.3 is 5.97 Å². The van der Waals surface area contributed by atoms with Gasteiger partial charge in [-0.2, -0.15) is 8.42 Å². The number of rotatable bonds is 8. The van der Waals surface area contributed by atoms with Crippen molar-refractivity contribution in [2.75, 3.05) is 5.75 Å². The molecule has 1 atom stereocenters. The molecule has 0 spiro atoms. The lowest BCUT2D eigenvalue weighted by molar-refractivity contribution is -0.141. The van der Waals surface area contributed by atoms with Crippen molar-refractivity contribution in [1.29, 1.82) is 0 Å². The number of hydrogen-bond acceptors (Lipinski definition) is 4. The van der Waals surface area contributed by atoms with Crippen molar-refractivity contribution in [2.24, 2.45) is 0 Å². The normalized spacial score (nSPS) is 13.1. The van der Waals surface area contributed by atoms with Gasteiger partial charge in [0, 0.05) is 6.42 Å². The molecule has 0 aliphatic rings. The van der Waals surface area contributed by atoms with Gasteiger partial charge in [0.05, 0.1) is 0 Å². The molecule has 0 aromatic heterocycles. The number of amides is 1. The molecular weight excluding hydrogens is 418 g/mol. The second kappa shape index (κ2) is 8.13. The van der Waals surface area contributed by atoms with Gasteiger partial charge in [-0.25, -0.2) is 4.79 Å². The van der Waals surface area contributed by atoms with E-state index >= 15 is 0 Å². The van der Waals surface area contributed by atoms with Gasteiger partial charge in [-0.1, -0.05) is 54.6 Å². The van der Waals surface area contributed by atoms with Crippen LogP contribution in [0.5, 0.6) is 0 Å². The van der Waals surface area contributed by atoms with E-state index in [1.165, 1.54) is 21.5 Å². The van der Waals surface area contributed by atoms with E-state index in [1.807, 2.05) is 12.1 Å². The monoisotopic (exact) mass is 439 g/mol. The standard InChI is InChI=1S/C23H21NO6S/c25-20(24-19(23(26)27)13-31(28,29)30)6-2-3-14-7-8-17-10-9-15-4-1-5-16-11-12-18(14)22(17)21(15)16/h1,4-5,7-12,19H,2-3,6,13H2,(H,24,25)(H,26,27)(H,28,29,30). The summed E-state index contributed by atoms with van der Waals surface area (Å²) in [6, 6.07) is 17.0. The minimum atomic E-state index is -4.52. The molecule has 0 radical (unpaired) electrons. The lowest BCUT2D eigenvalue weighted by Gasteiger charge is -2.15. The maximum Gasteiger partial charge on any atom is 0.327 e. The number of aliphatic carboxylic acids is 1. The highest BCUT2D eigenvalue weighted by molar-refractivity contribution is 7.85. The van der Waals surface area contributed by atoms with Crippen LogP contribution in [-0.2, 0) is 26.1 Å². The lowest BCUT2D eigenvalue weighted by Crippen LogP contribution is -2.45. The number of aryl methyl sites for hydroxylation is 1. The fourth-order valence-corrected chi connectivity index (χ4v) is 4.75. The average molecular weight is 439 g/mol. The molecule has 4 rings (SSSR count). The molecule has 7 nitrogen and oxygen atoms in total. The maximum absolute atomic E-state index is 12.1. The fourth-order valence-electron chi connectivity index (χ4n) is 4.10. The zero-order chi connectivity index (χ0) is 22.2. The summed E-state index contributed by atoms with van der Waals surface area (Å²) in [6.45, 7) is 0. The molecule has 0 saturated heterocycles. The SMILES string of the molecule is O=C(CCCc1ccc2ccc3cccc4ccc1c2c34)NC(CS(=O)(=O)O)C(=O)O. The number of carboxylic acid groups (broad SMARTS) is 1. The molecule has 0 aliphatic heterocycles. The molecule has 4 aromatic rings. The average Bonchev–Trinajstić information content (AvgIpc) is 2.71. The van der Waals surface area contributed by atoms with Crippen LogP contribution in [-0.4, -0.2) is 41.7 Å². The van der Waals surface area contributed by atoms with E-state index in [1.54, 1.807) is 0 Å². The van der Waals surface area contributed by atoms with Crippen molar-refractivity contribution in [3.63, 3.8) is 0 Å². The molecule has 1 amide bonds. The molecule has 0 aliphatic carbocycles. The first-order valence-electron chi connectivity index (χ1n) is 9.86. The van der Waals surface area contributed by atoms with Crippen molar-refractivity contribution < 1.29 is 27.7 Å². The van der Waals surface area contributed by atoms with Crippen LogP contribution < -0.4 is 5.32 Å². The quantitative estimate of drug-likeness (QED) is 0.286. The Morgan fingerprint density at radius 2 is 1.52 bits per heavy atom. The van der Waals surface area contributed by atoms with Gasteiger partial charge in [0.15, 0.2) is 0 Å². The molecule has 31 heavy (non-hydrogen) atoms. The predicted octanol–water partition coefficient (Wildman–Crippen LogP) is 3.36. The van der Waals surface area contributed by atoms with Crippen LogP contribution in [0.15, 0.2) is 54.6 Å². The molecule has 3 N–H and O–H groups in total. The summed E-state index contributed by atoms with van der Waals surface area (Å²) in [7, 11) is -4.52. The van der Waals surface area contributed by atoms with Crippen LogP contribution >= 0.6 is 0 Å². The summed E-state index contributed by atoms with van der Waals surface area (Å²) >= 11 is 0. The van der Waals surface area contributed by atoms with Crippen molar-refractivity contribution in [3.05, 3.63) is 60.2 Å². The molecule has 0 saturated carbocycles. The third-order valence-corrected chi connectivity index (χ3v) is 6.23. The first-order chi connectivity index (χ1) is 14.7. The van der Waals surface area contributed by atoms with Gasteiger partial charge < -0.3 is 10.4 Å². The Balaban J connectivity index is 1.50. The first kappa shape index (κ1) is 21.0. The zero-order valence-electron chi connectivity index (χ0n) is 16.5. The highest BCUT2D eigenvalue weighted by Crippen LogP contribution is 2.36. The predicted molar refractivity (Wildman–Crippen MR) is 119 cm³/mol. The van der Waals surface area contributed by atoms with E-state index in [2.05, 4.69) is 47.8 Å². The fraction of sp³-hybridized carbons (Fsp3) is 0.217. The van der Waals surface area contributed by atoms with E-state index in [9.17, 15) is 18.0 Å². The zero-order valence-corrected chi connectivity index (χ0v) is 17.4. The van der Waals surface area contributed by atoms with Crippen LogP contribution in [0.1, 0.15) is 18.4 Å². The summed E-state index contributed by atoms with van der Waals surface area (Å²) in [5.74, 6) is -3.16. The minimum absolute atomic E-state index is 0.0389. The summed E-state index contributed by atoms with van der Waals surface area (Å²) in [5.41, 5.74) is 1.09. The maximum atomic E-state index is 12.1. The number of carboxylic acids is 1. The van der Waals surface area contributed by atoms with Gasteiger partial charge in [0.25, 0.3) is 10.1 Å². The number of carbonyl (C=O) groups is 2. The summed E-state index contributed by atoms with van der Waals surface area (Å²) in [6.07, 6.45) is 1.11. The third-order valence-electron chi connectivity index (χ3n) is 5.48. The van der Waals surface area contributed by atoms with E-state index in [4.69, 9.17) is 9.66 Å². The van der Waals surface area contributed by atoms with Crippen LogP contribution in [0.4, 0.5) is 0 Å². The van der Waals surface area contributed by atoms with Gasteiger partial charge in [-0.05, 0) is 50.7 Å². The smallest absolute Gasteiger partial charge is 0.327 e. The van der Waals surface area contributed by atoms with Crippen molar-refractivity contribution in [2.45, 2.75) is 25.3 Å². The number of nitrogens with one attached hydrogen (secondary N) is 1. The molecule has 0 fully saturated rings. The Morgan fingerprint density at radius 1 is 0.903 bits per heavy atom. The summed E-state index contributed by atoms with van der Waals surface area (Å²) in [5, 5.41) is 18.2. The molecule has 4 aromatic carbocycles. The minimum Gasteiger partial charge on any atom is -0.480 e. The Bertz CT molecular complexity index is 1380. The molecule has 8 heteroatoms. The largest absolute Gasteiger partial charge is 0.480 e. The highest BCUT2D eigenvalue weighted by Gasteiger charge is 2.25. The summed E-state index contributed by atoms with van der Waals surface area (Å²) < 4.78 is 30.7. The number of carbonyl (C=O) groups excluding carboxylic acids is 1. The second-order valence-electron chi connectivity index (χ2n) is 7.64. The second-order valence-corrected chi connectivity index (χ2v) is 9.14. The van der Waals surface area contributed by atoms with E-state index in [0.29, 0.717) is 12.8 Å². The van der Waals surface area contributed by atoms with Gasteiger partial charge in [0.2, 0.25) is 5.91 Å². The van der Waals surface area contributed by atoms with Crippen LogP contribution in [0.2, 0.25) is 0 Å². The Hall–Kier alpha value is -3.23. The van der Waals surface area contributed by atoms with Crippen LogP contribution in [0, 0.1) is 0 Å². The number of hydrogen-bond donors (Lipinski definition) is 3. The molecule has 1 unspecified atom stereocenters. The lowest BCUT2D eigenvalue weighted by atomic mass is 9.90. The Labute approximate surface area is 178 Å². The van der Waals surface area contributed by atoms with Crippen molar-refractivity contribution in [1.82, 2.24) is 5.32 Å². The molecule has 160 valence electrons. The first-order valence-corrected chi connectivity index (χ1v) is 11.5. The van der Waals surface area contributed by atoms with E-state index in [0.717, 1.165) is 16.3 Å². The van der Waals surface area contributed by atoms with Gasteiger partial charge in [0.1, 0.15) is 11.8 Å². The topological polar surface area (TPSA) is 121 Å². The van der Waals surface area contributed by atoms with Crippen molar-refractivity contribution in [3.8, 4) is 0 Å². The Morgan fingerprint density at radius 3 is 2.16 bits per heavy atom. The van der Waals surface area contributed by atoms with E-state index < -0.39 is 33.8 Å². The summed E-state index contributed by atoms with van der Waals surface area (Å²) in [4.78, 5) is 23.3. The van der Waals surface area contributed by atoms with Gasteiger partial charge in [-0.15, -0.1) is 0 Å². The number of benzene rings is 4. The Kier molecular flexibility index (Phi) is 5.51. The van der Waals surface area contributed by atoms with Crippen LogP contribution in [0.3, 0.4) is 0 Å². The van der Waals surface area contributed by atoms with E-state index in [-0.39, 0.29) is 6.42 Å². The molecule has 0 bridgehead atoms. The van der Waals surface area contributed by atoms with Crippen molar-refractivity contribution >= 4 is 54.3 Å². The highest BCUT2D eigenvalue weighted by atomic mass is 32.2. The van der Waals surface area contributed by atoms with Crippen LogP contribution in [0.25, 0.3) is 32.3 Å². The molecular formula is C23H21NO6S. The van der Waals surface area contributed by atoms with Gasteiger partial charge in [-0.3, -0.25) is 9.35 Å². The third kappa shape index (κ3) is 4.45. The molecule has 0 heterocycles.